The van der Waals surface area contributed by atoms with E-state index < -0.39 is 11.1 Å². The number of amides is 3. The number of carbonyl (C=O) groups excluding carboxylic acids is 3. The van der Waals surface area contributed by atoms with Crippen molar-refractivity contribution in [3.63, 3.8) is 0 Å². The third-order valence-corrected chi connectivity index (χ3v) is 3.75. The lowest BCUT2D eigenvalue weighted by Gasteiger charge is -2.12. The second-order valence-electron chi connectivity index (χ2n) is 4.49. The van der Waals surface area contributed by atoms with Crippen molar-refractivity contribution in [1.29, 1.82) is 0 Å². The molecule has 0 radical (unpaired) electrons. The largest absolute Gasteiger partial charge is 0.465 e. The second-order valence-corrected chi connectivity index (χ2v) is 5.48. The summed E-state index contributed by atoms with van der Waals surface area (Å²) in [4.78, 5) is 36.8. The molecule has 1 N–H and O–H groups in total. The summed E-state index contributed by atoms with van der Waals surface area (Å²) in [7, 11) is 0. The summed E-state index contributed by atoms with van der Waals surface area (Å²) in [6.45, 7) is 2.32. The fourth-order valence-corrected chi connectivity index (χ4v) is 2.56. The third-order valence-electron chi connectivity index (χ3n) is 2.84. The van der Waals surface area contributed by atoms with Crippen LogP contribution in [0.4, 0.5) is 4.79 Å². The maximum absolute atomic E-state index is 12.1. The summed E-state index contributed by atoms with van der Waals surface area (Å²) >= 11 is 0.809. The molecule has 2 rings (SSSR count). The molecule has 1 aliphatic rings. The average Bonchev–Trinajstić information content (AvgIpc) is 3.04. The molecule has 0 spiro atoms. The van der Waals surface area contributed by atoms with Crippen molar-refractivity contribution in [3.05, 3.63) is 29.1 Å². The number of furan rings is 1. The Morgan fingerprint density at radius 1 is 1.48 bits per heavy atom. The number of carbonyl (C=O) groups is 3. The summed E-state index contributed by atoms with van der Waals surface area (Å²) < 4.78 is 5.11. The Kier molecular flexibility index (Phi) is 5.21. The highest BCUT2D eigenvalue weighted by atomic mass is 32.2. The smallest absolute Gasteiger partial charge is 0.294 e. The number of hydrogen-bond acceptors (Lipinski definition) is 5. The predicted octanol–water partition coefficient (Wildman–Crippen LogP) is 2.23. The van der Waals surface area contributed by atoms with Crippen LogP contribution in [-0.2, 0) is 9.59 Å². The molecule has 1 aromatic heterocycles. The monoisotopic (exact) mass is 308 g/mol. The van der Waals surface area contributed by atoms with Gasteiger partial charge in [0.1, 0.15) is 12.3 Å². The van der Waals surface area contributed by atoms with E-state index in [1.807, 2.05) is 6.92 Å². The molecule has 1 fully saturated rings. The molecule has 6 nitrogen and oxygen atoms in total. The third kappa shape index (κ3) is 3.98. The maximum Gasteiger partial charge on any atom is 0.294 e. The first-order valence-electron chi connectivity index (χ1n) is 6.67. The van der Waals surface area contributed by atoms with Gasteiger partial charge in [-0.2, -0.15) is 0 Å². The van der Waals surface area contributed by atoms with E-state index in [1.165, 1.54) is 12.3 Å². The Morgan fingerprint density at radius 3 is 2.95 bits per heavy atom. The van der Waals surface area contributed by atoms with Gasteiger partial charge in [0.05, 0.1) is 11.2 Å². The van der Waals surface area contributed by atoms with E-state index in [1.54, 1.807) is 12.1 Å². The van der Waals surface area contributed by atoms with Crippen molar-refractivity contribution in [2.75, 3.05) is 13.1 Å². The molecule has 0 atom stereocenters. The van der Waals surface area contributed by atoms with E-state index >= 15 is 0 Å². The molecule has 21 heavy (non-hydrogen) atoms. The minimum Gasteiger partial charge on any atom is -0.465 e. The molecule has 0 aromatic carbocycles. The minimum absolute atomic E-state index is 0.246. The van der Waals surface area contributed by atoms with Gasteiger partial charge in [-0.1, -0.05) is 13.3 Å². The van der Waals surface area contributed by atoms with E-state index in [0.29, 0.717) is 12.3 Å². The molecular weight excluding hydrogens is 292 g/mol. The molecule has 7 heteroatoms. The van der Waals surface area contributed by atoms with E-state index in [-0.39, 0.29) is 17.4 Å². The lowest BCUT2D eigenvalue weighted by atomic mass is 10.3. The standard InChI is InChI=1S/C14H16N2O4S/c1-2-3-6-15-12(17)9-16-13(18)11(21-14(16)19)8-10-5-4-7-20-10/h4-5,7-8H,2-3,6,9H2,1H3,(H,15,17)/b11-8-. The first-order chi connectivity index (χ1) is 10.1. The lowest BCUT2D eigenvalue weighted by molar-refractivity contribution is -0.129. The van der Waals surface area contributed by atoms with Crippen LogP contribution in [0, 0.1) is 0 Å². The van der Waals surface area contributed by atoms with Crippen LogP contribution in [0.5, 0.6) is 0 Å². The number of nitrogens with zero attached hydrogens (tertiary/aromatic N) is 1. The van der Waals surface area contributed by atoms with Crippen LogP contribution in [0.3, 0.4) is 0 Å². The van der Waals surface area contributed by atoms with Gasteiger partial charge in [0.25, 0.3) is 11.1 Å². The molecule has 0 bridgehead atoms. The quantitative estimate of drug-likeness (QED) is 0.644. The van der Waals surface area contributed by atoms with Gasteiger partial charge in [-0.05, 0) is 30.3 Å². The van der Waals surface area contributed by atoms with Crippen LogP contribution in [-0.4, -0.2) is 35.0 Å². The van der Waals surface area contributed by atoms with Crippen molar-refractivity contribution in [2.24, 2.45) is 0 Å². The molecule has 1 aliphatic heterocycles. The second kappa shape index (κ2) is 7.12. The number of thioether (sulfide) groups is 1. The highest BCUT2D eigenvalue weighted by molar-refractivity contribution is 8.18. The van der Waals surface area contributed by atoms with Gasteiger partial charge in [0.2, 0.25) is 5.91 Å². The Balaban J connectivity index is 1.97. The zero-order valence-corrected chi connectivity index (χ0v) is 12.4. The highest BCUT2D eigenvalue weighted by Crippen LogP contribution is 2.31. The van der Waals surface area contributed by atoms with E-state index in [4.69, 9.17) is 4.42 Å². The number of unbranched alkanes of at least 4 members (excludes halogenated alkanes) is 1. The van der Waals surface area contributed by atoms with E-state index in [0.717, 1.165) is 29.5 Å². The van der Waals surface area contributed by atoms with Crippen LogP contribution in [0.15, 0.2) is 27.7 Å². The zero-order chi connectivity index (χ0) is 15.2. The number of imide groups is 1. The van der Waals surface area contributed by atoms with Crippen LogP contribution in [0.1, 0.15) is 25.5 Å². The van der Waals surface area contributed by atoms with Crippen LogP contribution >= 0.6 is 11.8 Å². The maximum atomic E-state index is 12.1. The van der Waals surface area contributed by atoms with Crippen molar-refractivity contribution in [1.82, 2.24) is 10.2 Å². The Bertz CT molecular complexity index is 566. The van der Waals surface area contributed by atoms with Gasteiger partial charge in [-0.15, -0.1) is 0 Å². The first kappa shape index (κ1) is 15.4. The molecule has 112 valence electrons. The Labute approximate surface area is 126 Å². The number of hydrogen-bond donors (Lipinski definition) is 1. The molecule has 1 saturated heterocycles. The van der Waals surface area contributed by atoms with Gasteiger partial charge < -0.3 is 9.73 Å². The summed E-state index contributed by atoms with van der Waals surface area (Å²) in [5, 5.41) is 2.24. The Morgan fingerprint density at radius 2 is 2.29 bits per heavy atom. The van der Waals surface area contributed by atoms with Crippen LogP contribution < -0.4 is 5.32 Å². The lowest BCUT2D eigenvalue weighted by Crippen LogP contribution is -2.39. The van der Waals surface area contributed by atoms with E-state index in [2.05, 4.69) is 5.32 Å². The zero-order valence-electron chi connectivity index (χ0n) is 11.6. The van der Waals surface area contributed by atoms with Crippen LogP contribution in [0.2, 0.25) is 0 Å². The first-order valence-corrected chi connectivity index (χ1v) is 7.49. The Hall–Kier alpha value is -2.02. The molecule has 0 unspecified atom stereocenters. The number of rotatable bonds is 6. The molecule has 0 aliphatic carbocycles. The van der Waals surface area contributed by atoms with Gasteiger partial charge in [0.15, 0.2) is 0 Å². The van der Waals surface area contributed by atoms with E-state index in [9.17, 15) is 14.4 Å². The van der Waals surface area contributed by atoms with Gasteiger partial charge in [-0.3, -0.25) is 19.3 Å². The minimum atomic E-state index is -0.466. The molecule has 1 aromatic rings. The van der Waals surface area contributed by atoms with Crippen molar-refractivity contribution in [3.8, 4) is 0 Å². The van der Waals surface area contributed by atoms with Gasteiger partial charge in [0, 0.05) is 12.6 Å². The fraction of sp³-hybridized carbons (Fsp3) is 0.357. The topological polar surface area (TPSA) is 79.6 Å². The predicted molar refractivity (Wildman–Crippen MR) is 79.3 cm³/mol. The fourth-order valence-electron chi connectivity index (χ4n) is 1.74. The van der Waals surface area contributed by atoms with Gasteiger partial charge >= 0.3 is 0 Å². The van der Waals surface area contributed by atoms with Crippen LogP contribution in [0.25, 0.3) is 6.08 Å². The molecule has 0 saturated carbocycles. The normalized spacial score (nSPS) is 16.8. The summed E-state index contributed by atoms with van der Waals surface area (Å²) in [6, 6.07) is 3.38. The van der Waals surface area contributed by atoms with Crippen molar-refractivity contribution in [2.45, 2.75) is 19.8 Å². The van der Waals surface area contributed by atoms with Crippen molar-refractivity contribution < 1.29 is 18.8 Å². The number of nitrogens with one attached hydrogen (secondary N) is 1. The molecule has 2 heterocycles. The van der Waals surface area contributed by atoms with Gasteiger partial charge in [-0.25, -0.2) is 0 Å². The molecule has 3 amide bonds. The SMILES string of the molecule is CCCCNC(=O)CN1C(=O)S/C(=C\c2ccco2)C1=O. The molecular formula is C14H16N2O4S. The highest BCUT2D eigenvalue weighted by Gasteiger charge is 2.36. The summed E-state index contributed by atoms with van der Waals surface area (Å²) in [5.41, 5.74) is 0. The summed E-state index contributed by atoms with van der Waals surface area (Å²) in [6.07, 6.45) is 4.82. The average molecular weight is 308 g/mol. The van der Waals surface area contributed by atoms with Crippen molar-refractivity contribution >= 4 is 34.9 Å². The summed E-state index contributed by atoms with van der Waals surface area (Å²) in [5.74, 6) is -0.301.